The summed E-state index contributed by atoms with van der Waals surface area (Å²) in [4.78, 5) is 22.1. The average Bonchev–Trinajstić information content (AvgIpc) is 2.24. The molecule has 0 spiro atoms. The van der Waals surface area contributed by atoms with Crippen molar-refractivity contribution >= 4 is 11.9 Å². The number of carbonyl (C=O) groups excluding carboxylic acids is 2. The molecule has 4 nitrogen and oxygen atoms in total. The molecule has 0 aromatic rings. The van der Waals surface area contributed by atoms with Crippen LogP contribution in [-0.2, 0) is 14.3 Å². The van der Waals surface area contributed by atoms with Crippen LogP contribution in [0.1, 0.15) is 26.7 Å². The summed E-state index contributed by atoms with van der Waals surface area (Å²) < 4.78 is 4.55. The minimum Gasteiger partial charge on any atom is -0.469 e. The third-order valence-electron chi connectivity index (χ3n) is 2.49. The molecular weight excluding hydrogens is 170 g/mol. The van der Waals surface area contributed by atoms with Crippen molar-refractivity contribution in [3.8, 4) is 0 Å². The first-order valence-electron chi connectivity index (χ1n) is 4.32. The van der Waals surface area contributed by atoms with Crippen LogP contribution < -0.4 is 5.32 Å². The van der Waals surface area contributed by atoms with Crippen molar-refractivity contribution in [1.82, 2.24) is 5.32 Å². The Morgan fingerprint density at radius 2 is 2.31 bits per heavy atom. The van der Waals surface area contributed by atoms with E-state index in [1.54, 1.807) is 0 Å². The van der Waals surface area contributed by atoms with Crippen molar-refractivity contribution in [2.45, 2.75) is 32.7 Å². The van der Waals surface area contributed by atoms with Gasteiger partial charge in [-0.1, -0.05) is 13.8 Å². The molecule has 74 valence electrons. The molecule has 1 aliphatic heterocycles. The van der Waals surface area contributed by atoms with Crippen molar-refractivity contribution in [1.29, 1.82) is 0 Å². The molecule has 1 aliphatic rings. The van der Waals surface area contributed by atoms with E-state index in [-0.39, 0.29) is 29.8 Å². The third kappa shape index (κ3) is 2.20. The molecule has 1 fully saturated rings. The Hall–Kier alpha value is -1.06. The summed E-state index contributed by atoms with van der Waals surface area (Å²) in [6.07, 6.45) is 0.740. The lowest BCUT2D eigenvalue weighted by atomic mass is 9.83. The van der Waals surface area contributed by atoms with Gasteiger partial charge in [-0.25, -0.2) is 0 Å². The summed E-state index contributed by atoms with van der Waals surface area (Å²) in [6.45, 7) is 3.94. The Morgan fingerprint density at radius 3 is 2.69 bits per heavy atom. The minimum atomic E-state index is -0.278. The molecule has 13 heavy (non-hydrogen) atoms. The van der Waals surface area contributed by atoms with Gasteiger partial charge in [-0.2, -0.15) is 0 Å². The number of ether oxygens (including phenoxy) is 1. The van der Waals surface area contributed by atoms with E-state index in [1.165, 1.54) is 7.11 Å². The smallest absolute Gasteiger partial charge is 0.307 e. The summed E-state index contributed by atoms with van der Waals surface area (Å²) >= 11 is 0. The molecule has 1 rings (SSSR count). The van der Waals surface area contributed by atoms with Gasteiger partial charge in [0.25, 0.3) is 0 Å². The number of carbonyl (C=O) groups is 2. The highest BCUT2D eigenvalue weighted by molar-refractivity contribution is 5.81. The Labute approximate surface area is 77.6 Å². The molecule has 0 aromatic carbocycles. The lowest BCUT2D eigenvalue weighted by Gasteiger charge is -2.24. The number of hydrogen-bond acceptors (Lipinski definition) is 3. The van der Waals surface area contributed by atoms with Crippen LogP contribution in [0.4, 0.5) is 0 Å². The van der Waals surface area contributed by atoms with E-state index in [9.17, 15) is 9.59 Å². The molecule has 0 bridgehead atoms. The second kappa shape index (κ2) is 3.36. The number of nitrogens with one attached hydrogen (secondary N) is 1. The van der Waals surface area contributed by atoms with Gasteiger partial charge in [-0.15, -0.1) is 0 Å². The van der Waals surface area contributed by atoms with Crippen LogP contribution >= 0.6 is 0 Å². The highest BCUT2D eigenvalue weighted by atomic mass is 16.5. The van der Waals surface area contributed by atoms with Crippen molar-refractivity contribution in [2.24, 2.45) is 5.41 Å². The SMILES string of the molecule is COC(=O)CC1NC(=O)CC1(C)C. The fraction of sp³-hybridized carbons (Fsp3) is 0.778. The van der Waals surface area contributed by atoms with E-state index >= 15 is 0 Å². The van der Waals surface area contributed by atoms with Crippen LogP contribution in [0.3, 0.4) is 0 Å². The first kappa shape index (κ1) is 10.0. The number of rotatable bonds is 2. The van der Waals surface area contributed by atoms with Crippen molar-refractivity contribution in [2.75, 3.05) is 7.11 Å². The van der Waals surface area contributed by atoms with E-state index in [4.69, 9.17) is 0 Å². The van der Waals surface area contributed by atoms with Gasteiger partial charge in [-0.05, 0) is 5.41 Å². The predicted molar refractivity (Wildman–Crippen MR) is 47.0 cm³/mol. The molecule has 1 amide bonds. The molecule has 0 saturated carbocycles. The van der Waals surface area contributed by atoms with E-state index in [0.717, 1.165) is 0 Å². The van der Waals surface area contributed by atoms with Crippen molar-refractivity contribution in [3.05, 3.63) is 0 Å². The maximum absolute atomic E-state index is 11.1. The predicted octanol–water partition coefficient (Wildman–Crippen LogP) is 0.464. The fourth-order valence-corrected chi connectivity index (χ4v) is 1.56. The molecule has 0 radical (unpaired) electrons. The van der Waals surface area contributed by atoms with E-state index in [0.29, 0.717) is 6.42 Å². The van der Waals surface area contributed by atoms with Crippen LogP contribution in [-0.4, -0.2) is 25.0 Å². The van der Waals surface area contributed by atoms with E-state index < -0.39 is 0 Å². The summed E-state index contributed by atoms with van der Waals surface area (Å²) in [6, 6.07) is -0.0903. The normalized spacial score (nSPS) is 25.5. The van der Waals surface area contributed by atoms with Crippen LogP contribution in [0.25, 0.3) is 0 Å². The minimum absolute atomic E-state index is 0.0129. The zero-order valence-electron chi connectivity index (χ0n) is 8.22. The number of hydrogen-bond donors (Lipinski definition) is 1. The molecule has 0 aromatic heterocycles. The summed E-state index contributed by atoms with van der Waals surface area (Å²) in [5.41, 5.74) is -0.148. The first-order chi connectivity index (χ1) is 5.95. The van der Waals surface area contributed by atoms with Crippen molar-refractivity contribution in [3.63, 3.8) is 0 Å². The maximum atomic E-state index is 11.1. The highest BCUT2D eigenvalue weighted by Crippen LogP contribution is 2.32. The number of amides is 1. The zero-order valence-corrected chi connectivity index (χ0v) is 8.22. The van der Waals surface area contributed by atoms with Gasteiger partial charge in [-0.3, -0.25) is 9.59 Å². The summed E-state index contributed by atoms with van der Waals surface area (Å²) in [5.74, 6) is -0.265. The largest absolute Gasteiger partial charge is 0.469 e. The Morgan fingerprint density at radius 1 is 1.69 bits per heavy atom. The third-order valence-corrected chi connectivity index (χ3v) is 2.49. The number of esters is 1. The second-order valence-electron chi connectivity index (χ2n) is 4.07. The monoisotopic (exact) mass is 185 g/mol. The van der Waals surface area contributed by atoms with Gasteiger partial charge in [0.15, 0.2) is 0 Å². The number of methoxy groups -OCH3 is 1. The Balaban J connectivity index is 2.60. The maximum Gasteiger partial charge on any atom is 0.307 e. The van der Waals surface area contributed by atoms with Crippen LogP contribution in [0.15, 0.2) is 0 Å². The van der Waals surface area contributed by atoms with E-state index in [1.807, 2.05) is 13.8 Å². The average molecular weight is 185 g/mol. The van der Waals surface area contributed by atoms with Gasteiger partial charge in [0, 0.05) is 12.5 Å². The molecule has 1 unspecified atom stereocenters. The molecular formula is C9H15NO3. The molecule has 1 atom stereocenters. The summed E-state index contributed by atoms with van der Waals surface area (Å²) in [7, 11) is 1.35. The van der Waals surface area contributed by atoms with Gasteiger partial charge in [0.05, 0.1) is 13.5 Å². The zero-order chi connectivity index (χ0) is 10.1. The van der Waals surface area contributed by atoms with Crippen LogP contribution in [0.2, 0.25) is 0 Å². The van der Waals surface area contributed by atoms with Crippen LogP contribution in [0.5, 0.6) is 0 Å². The second-order valence-corrected chi connectivity index (χ2v) is 4.07. The molecule has 4 heteroatoms. The summed E-state index contributed by atoms with van der Waals surface area (Å²) in [5, 5.41) is 2.77. The van der Waals surface area contributed by atoms with Crippen LogP contribution in [0, 0.1) is 5.41 Å². The van der Waals surface area contributed by atoms with Crippen molar-refractivity contribution < 1.29 is 14.3 Å². The Bertz CT molecular complexity index is 235. The topological polar surface area (TPSA) is 55.4 Å². The molecule has 0 aliphatic carbocycles. The first-order valence-corrected chi connectivity index (χ1v) is 4.32. The Kier molecular flexibility index (Phi) is 2.59. The highest BCUT2D eigenvalue weighted by Gasteiger charge is 2.40. The molecule has 1 saturated heterocycles. The van der Waals surface area contributed by atoms with Gasteiger partial charge in [0.2, 0.25) is 5.91 Å². The standard InChI is InChI=1S/C9H15NO3/c1-9(2)5-7(11)10-6(9)4-8(12)13-3/h6H,4-5H2,1-3H3,(H,10,11). The quantitative estimate of drug-likeness (QED) is 0.636. The lowest BCUT2D eigenvalue weighted by molar-refractivity contribution is -0.141. The van der Waals surface area contributed by atoms with Gasteiger partial charge >= 0.3 is 5.97 Å². The fourth-order valence-electron chi connectivity index (χ4n) is 1.56. The molecule has 1 heterocycles. The van der Waals surface area contributed by atoms with E-state index in [2.05, 4.69) is 10.1 Å². The molecule has 1 N–H and O–H groups in total. The van der Waals surface area contributed by atoms with Gasteiger partial charge in [0.1, 0.15) is 0 Å². The van der Waals surface area contributed by atoms with Gasteiger partial charge < -0.3 is 10.1 Å². The lowest BCUT2D eigenvalue weighted by Crippen LogP contribution is -2.35.